The number of hydrogen-bond donors (Lipinski definition) is 0. The molecule has 0 unspecified atom stereocenters. The highest BCUT2D eigenvalue weighted by Gasteiger charge is 2.28. The van der Waals surface area contributed by atoms with Gasteiger partial charge < -0.3 is 13.9 Å². The van der Waals surface area contributed by atoms with Gasteiger partial charge in [-0.15, -0.1) is 0 Å². The normalized spacial score (nSPS) is 17.2. The molecule has 0 atom stereocenters. The number of furan rings is 1. The zero-order chi connectivity index (χ0) is 16.1. The average molecular weight is 312 g/mol. The zero-order valence-electron chi connectivity index (χ0n) is 13.5. The van der Waals surface area contributed by atoms with Gasteiger partial charge in [0.15, 0.2) is 0 Å². The fourth-order valence-electron chi connectivity index (χ4n) is 3.37. The van der Waals surface area contributed by atoms with Crippen LogP contribution in [-0.2, 0) is 13.0 Å². The molecule has 5 nitrogen and oxygen atoms in total. The molecule has 0 bridgehead atoms. The second kappa shape index (κ2) is 5.11. The smallest absolute Gasteiger partial charge is 0.257 e. The van der Waals surface area contributed by atoms with Crippen molar-refractivity contribution >= 4 is 5.91 Å². The lowest BCUT2D eigenvalue weighted by Gasteiger charge is -2.29. The Morgan fingerprint density at radius 1 is 1.22 bits per heavy atom. The highest BCUT2D eigenvalue weighted by molar-refractivity contribution is 5.95. The molecule has 0 N–H and O–H groups in total. The van der Waals surface area contributed by atoms with Gasteiger partial charge in [0, 0.05) is 31.4 Å². The molecule has 1 fully saturated rings. The van der Waals surface area contributed by atoms with Crippen LogP contribution in [0.4, 0.5) is 0 Å². The fraction of sp³-hybridized carbons (Fsp3) is 0.444. The van der Waals surface area contributed by atoms with Crippen molar-refractivity contribution in [2.24, 2.45) is 0 Å². The standard InChI is InChI=1S/C18H20N2O3/c1-11-7-16(12(2)23-11)18(22)19-6-5-13-8-17(21)20(15-3-4-15)10-14(13)9-19/h7-8,10,15H,3-6,9H2,1-2H3. The molecule has 4 rings (SSSR count). The predicted octanol–water partition coefficient (Wildman–Crippen LogP) is 2.59. The predicted molar refractivity (Wildman–Crippen MR) is 85.6 cm³/mol. The summed E-state index contributed by atoms with van der Waals surface area (Å²) in [5.41, 5.74) is 2.90. The number of pyridine rings is 1. The molecule has 1 aliphatic heterocycles. The number of amides is 1. The summed E-state index contributed by atoms with van der Waals surface area (Å²) in [7, 11) is 0. The van der Waals surface area contributed by atoms with Crippen LogP contribution in [0, 0.1) is 13.8 Å². The van der Waals surface area contributed by atoms with Gasteiger partial charge in [0.05, 0.1) is 5.56 Å². The van der Waals surface area contributed by atoms with Crippen molar-refractivity contribution < 1.29 is 9.21 Å². The summed E-state index contributed by atoms with van der Waals surface area (Å²) in [4.78, 5) is 26.7. The van der Waals surface area contributed by atoms with Gasteiger partial charge in [-0.25, -0.2) is 0 Å². The van der Waals surface area contributed by atoms with E-state index in [1.165, 1.54) is 0 Å². The van der Waals surface area contributed by atoms with E-state index < -0.39 is 0 Å². The minimum absolute atomic E-state index is 0.00849. The third-order valence-electron chi connectivity index (χ3n) is 4.77. The van der Waals surface area contributed by atoms with E-state index in [4.69, 9.17) is 4.42 Å². The molecule has 5 heteroatoms. The van der Waals surface area contributed by atoms with E-state index in [1.807, 2.05) is 29.5 Å². The number of carbonyl (C=O) groups is 1. The zero-order valence-corrected chi connectivity index (χ0v) is 13.5. The Morgan fingerprint density at radius 2 is 2.00 bits per heavy atom. The van der Waals surface area contributed by atoms with Crippen molar-refractivity contribution in [3.05, 3.63) is 56.9 Å². The third-order valence-corrected chi connectivity index (χ3v) is 4.77. The Bertz CT molecular complexity index is 842. The molecule has 2 aromatic heterocycles. The van der Waals surface area contributed by atoms with Crippen molar-refractivity contribution in [2.75, 3.05) is 6.54 Å². The molecule has 1 amide bonds. The molecule has 1 aliphatic carbocycles. The Balaban J connectivity index is 1.63. The van der Waals surface area contributed by atoms with Gasteiger partial charge in [-0.3, -0.25) is 9.59 Å². The monoisotopic (exact) mass is 312 g/mol. The maximum atomic E-state index is 12.7. The van der Waals surface area contributed by atoms with Gasteiger partial charge >= 0.3 is 0 Å². The van der Waals surface area contributed by atoms with Gasteiger partial charge in [0.25, 0.3) is 11.5 Å². The van der Waals surface area contributed by atoms with Gasteiger partial charge in [-0.2, -0.15) is 0 Å². The maximum Gasteiger partial charge on any atom is 0.257 e. The van der Waals surface area contributed by atoms with E-state index in [0.717, 1.165) is 36.1 Å². The van der Waals surface area contributed by atoms with Gasteiger partial charge in [0.2, 0.25) is 0 Å². The Kier molecular flexibility index (Phi) is 3.18. The quantitative estimate of drug-likeness (QED) is 0.856. The van der Waals surface area contributed by atoms with E-state index in [2.05, 4.69) is 0 Å². The SMILES string of the molecule is Cc1cc(C(=O)N2CCc3cc(=O)n(C4CC4)cc3C2)c(C)o1. The molecule has 1 saturated carbocycles. The minimum Gasteiger partial charge on any atom is -0.466 e. The molecular formula is C18H20N2O3. The van der Waals surface area contributed by atoms with Crippen LogP contribution in [0.15, 0.2) is 27.5 Å². The molecule has 2 aliphatic rings. The van der Waals surface area contributed by atoms with Gasteiger partial charge in [-0.1, -0.05) is 0 Å². The van der Waals surface area contributed by atoms with E-state index in [1.54, 1.807) is 12.1 Å². The molecule has 23 heavy (non-hydrogen) atoms. The number of aryl methyl sites for hydroxylation is 2. The summed E-state index contributed by atoms with van der Waals surface area (Å²) in [6, 6.07) is 3.92. The second-order valence-electron chi connectivity index (χ2n) is 6.60. The molecule has 120 valence electrons. The molecule has 2 aromatic rings. The first-order chi connectivity index (χ1) is 11.0. The Labute approximate surface area is 134 Å². The molecule has 0 saturated heterocycles. The van der Waals surface area contributed by atoms with Crippen LogP contribution in [0.5, 0.6) is 0 Å². The summed E-state index contributed by atoms with van der Waals surface area (Å²) in [5, 5.41) is 0. The lowest BCUT2D eigenvalue weighted by Crippen LogP contribution is -2.37. The second-order valence-corrected chi connectivity index (χ2v) is 6.60. The summed E-state index contributed by atoms with van der Waals surface area (Å²) in [5.74, 6) is 1.43. The number of rotatable bonds is 2. The molecule has 0 aromatic carbocycles. The number of carbonyl (C=O) groups excluding carboxylic acids is 1. The van der Waals surface area contributed by atoms with Crippen LogP contribution in [0.1, 0.15) is 51.9 Å². The molecule has 3 heterocycles. The third kappa shape index (κ3) is 2.50. The first-order valence-corrected chi connectivity index (χ1v) is 8.13. The lowest BCUT2D eigenvalue weighted by atomic mass is 10.0. The number of nitrogens with zero attached hydrogens (tertiary/aromatic N) is 2. The van der Waals surface area contributed by atoms with Crippen LogP contribution >= 0.6 is 0 Å². The Hall–Kier alpha value is -2.30. The average Bonchev–Trinajstić information content (AvgIpc) is 3.30. The summed E-state index contributed by atoms with van der Waals surface area (Å²) in [6.45, 7) is 4.87. The first kappa shape index (κ1) is 14.3. The lowest BCUT2D eigenvalue weighted by molar-refractivity contribution is 0.0732. The van der Waals surface area contributed by atoms with Crippen molar-refractivity contribution in [3.63, 3.8) is 0 Å². The van der Waals surface area contributed by atoms with E-state index in [-0.39, 0.29) is 11.5 Å². The molecular weight excluding hydrogens is 292 g/mol. The van der Waals surface area contributed by atoms with Gasteiger partial charge in [0.1, 0.15) is 11.5 Å². The van der Waals surface area contributed by atoms with Gasteiger partial charge in [-0.05, 0) is 50.3 Å². The van der Waals surface area contributed by atoms with E-state index in [0.29, 0.717) is 30.5 Å². The van der Waals surface area contributed by atoms with E-state index >= 15 is 0 Å². The fourth-order valence-corrected chi connectivity index (χ4v) is 3.37. The minimum atomic E-state index is 0.00849. The number of aromatic nitrogens is 1. The molecule has 0 spiro atoms. The van der Waals surface area contributed by atoms with Crippen molar-refractivity contribution in [3.8, 4) is 0 Å². The van der Waals surface area contributed by atoms with Crippen LogP contribution < -0.4 is 5.56 Å². The van der Waals surface area contributed by atoms with Crippen molar-refractivity contribution in [1.82, 2.24) is 9.47 Å². The summed E-state index contributed by atoms with van der Waals surface area (Å²) >= 11 is 0. The topological polar surface area (TPSA) is 55.5 Å². The maximum absolute atomic E-state index is 12.7. The highest BCUT2D eigenvalue weighted by Crippen LogP contribution is 2.34. The Morgan fingerprint density at radius 3 is 2.65 bits per heavy atom. The largest absolute Gasteiger partial charge is 0.466 e. The van der Waals surface area contributed by atoms with E-state index in [9.17, 15) is 9.59 Å². The highest BCUT2D eigenvalue weighted by atomic mass is 16.3. The van der Waals surface area contributed by atoms with Crippen molar-refractivity contribution in [1.29, 1.82) is 0 Å². The number of hydrogen-bond acceptors (Lipinski definition) is 3. The van der Waals surface area contributed by atoms with Crippen LogP contribution in [0.2, 0.25) is 0 Å². The van der Waals surface area contributed by atoms with Crippen LogP contribution in [0.25, 0.3) is 0 Å². The number of fused-ring (bicyclic) bond motifs is 1. The first-order valence-electron chi connectivity index (χ1n) is 8.13. The summed E-state index contributed by atoms with van der Waals surface area (Å²) in [6.07, 6.45) is 4.85. The van der Waals surface area contributed by atoms with Crippen LogP contribution in [0.3, 0.4) is 0 Å². The van der Waals surface area contributed by atoms with Crippen molar-refractivity contribution in [2.45, 2.75) is 45.7 Å². The summed E-state index contributed by atoms with van der Waals surface area (Å²) < 4.78 is 7.31. The molecule has 0 radical (unpaired) electrons. The van der Waals surface area contributed by atoms with Crippen LogP contribution in [-0.4, -0.2) is 21.9 Å².